The molecule has 0 radical (unpaired) electrons. The van der Waals surface area contributed by atoms with Crippen molar-refractivity contribution in [2.24, 2.45) is 34.0 Å². The molecular weight excluding hydrogens is 779 g/mol. The van der Waals surface area contributed by atoms with Crippen molar-refractivity contribution < 1.29 is 43.8 Å². The topological polar surface area (TPSA) is 330 Å². The minimum atomic E-state index is -1.31. The van der Waals surface area contributed by atoms with Gasteiger partial charge in [-0.1, -0.05) is 45.9 Å². The van der Waals surface area contributed by atoms with E-state index < -0.39 is 77.8 Å². The van der Waals surface area contributed by atoms with Crippen LogP contribution >= 0.6 is 0 Å². The first kappa shape index (κ1) is 50.2. The van der Waals surface area contributed by atoms with Crippen LogP contribution in [0.15, 0.2) is 35.5 Å². The Hall–Kier alpha value is -5.92. The number of hydrogen-bond donors (Lipinski definition) is 11. The van der Waals surface area contributed by atoms with E-state index in [4.69, 9.17) is 17.2 Å². The van der Waals surface area contributed by atoms with Crippen LogP contribution in [0, 0.1) is 11.8 Å². The molecule has 2 rings (SSSR count). The Morgan fingerprint density at radius 3 is 1.93 bits per heavy atom. The SMILES string of the molecule is CC(C)C[C@H](NC(=O)[C@H](C)NC(=O)[C@H](CCCCN)NC(=O)N[C@H](CCCN=C(N)N)C(=O)O)C(=O)N(C)[C@@H](CC(C)C)C(=O)N[C@@H](Cc1c[nH]c2ccccc12)C(=O)O. The highest BCUT2D eigenvalue weighted by Crippen LogP contribution is 2.20. The number of aliphatic imine (C=N–C) groups is 1. The predicted molar refractivity (Wildman–Crippen MR) is 226 cm³/mol. The van der Waals surface area contributed by atoms with Crippen molar-refractivity contribution >= 4 is 58.5 Å². The second-order valence-electron chi connectivity index (χ2n) is 15.8. The summed E-state index contributed by atoms with van der Waals surface area (Å²) in [5.74, 6) is -5.60. The van der Waals surface area contributed by atoms with Crippen LogP contribution in [0.5, 0.6) is 0 Å². The monoisotopic (exact) mass is 843 g/mol. The number of fused-ring (bicyclic) bond motifs is 1. The van der Waals surface area contributed by atoms with Gasteiger partial charge in [0.2, 0.25) is 23.6 Å². The number of carbonyl (C=O) groups is 7. The second kappa shape index (κ2) is 24.9. The minimum absolute atomic E-state index is 0.00375. The number of benzene rings is 1. The highest BCUT2D eigenvalue weighted by molar-refractivity contribution is 5.96. The van der Waals surface area contributed by atoms with Crippen LogP contribution in [0.3, 0.4) is 0 Å². The first-order chi connectivity index (χ1) is 28.2. The van der Waals surface area contributed by atoms with Crippen molar-refractivity contribution in [1.29, 1.82) is 0 Å². The van der Waals surface area contributed by atoms with Crippen molar-refractivity contribution in [2.45, 2.75) is 122 Å². The number of H-pyrrole nitrogens is 1. The van der Waals surface area contributed by atoms with Crippen LogP contribution in [0.25, 0.3) is 10.9 Å². The van der Waals surface area contributed by atoms with Crippen LogP contribution in [-0.2, 0) is 35.2 Å². The molecule has 6 amide bonds. The van der Waals surface area contributed by atoms with Gasteiger partial charge < -0.3 is 63.9 Å². The van der Waals surface area contributed by atoms with E-state index in [0.717, 1.165) is 10.9 Å². The number of para-hydroxylation sites is 1. The summed E-state index contributed by atoms with van der Waals surface area (Å²) in [6.45, 7) is 9.28. The van der Waals surface area contributed by atoms with Gasteiger partial charge in [0.05, 0.1) is 0 Å². The van der Waals surface area contributed by atoms with E-state index in [1.807, 2.05) is 52.0 Å². The molecule has 20 heteroatoms. The van der Waals surface area contributed by atoms with Crippen LogP contribution < -0.4 is 43.8 Å². The van der Waals surface area contributed by atoms with E-state index in [9.17, 15) is 43.8 Å². The molecule has 334 valence electrons. The van der Waals surface area contributed by atoms with E-state index in [0.29, 0.717) is 24.9 Å². The number of amides is 6. The molecule has 0 saturated heterocycles. The fourth-order valence-electron chi connectivity index (χ4n) is 6.53. The van der Waals surface area contributed by atoms with Gasteiger partial charge in [-0.2, -0.15) is 0 Å². The number of carboxylic acids is 2. The molecule has 1 heterocycles. The summed E-state index contributed by atoms with van der Waals surface area (Å²) in [6.07, 6.45) is 3.38. The maximum absolute atomic E-state index is 14.1. The average Bonchev–Trinajstić information content (AvgIpc) is 3.58. The highest BCUT2D eigenvalue weighted by Gasteiger charge is 2.36. The third kappa shape index (κ3) is 16.7. The summed E-state index contributed by atoms with van der Waals surface area (Å²) in [7, 11) is 1.43. The van der Waals surface area contributed by atoms with Gasteiger partial charge in [0, 0.05) is 37.1 Å². The number of hydrogen-bond acceptors (Lipinski definition) is 9. The van der Waals surface area contributed by atoms with Gasteiger partial charge in [-0.05, 0) is 81.9 Å². The van der Waals surface area contributed by atoms with Gasteiger partial charge in [0.25, 0.3) is 0 Å². The lowest BCUT2D eigenvalue weighted by molar-refractivity contribution is -0.145. The average molecular weight is 844 g/mol. The molecule has 14 N–H and O–H groups in total. The fraction of sp³-hybridized carbons (Fsp3) is 0.600. The number of guanidine groups is 1. The van der Waals surface area contributed by atoms with Crippen molar-refractivity contribution in [1.82, 2.24) is 36.5 Å². The molecule has 60 heavy (non-hydrogen) atoms. The number of carbonyl (C=O) groups excluding carboxylic acids is 5. The van der Waals surface area contributed by atoms with Gasteiger partial charge in [-0.15, -0.1) is 0 Å². The number of nitrogens with zero attached hydrogens (tertiary/aromatic N) is 2. The molecule has 6 atom stereocenters. The molecule has 1 aromatic heterocycles. The lowest BCUT2D eigenvalue weighted by Crippen LogP contribution is -2.59. The molecule has 0 unspecified atom stereocenters. The summed E-state index contributed by atoms with van der Waals surface area (Å²) in [4.78, 5) is 100. The zero-order valence-corrected chi connectivity index (χ0v) is 35.5. The van der Waals surface area contributed by atoms with E-state index >= 15 is 0 Å². The van der Waals surface area contributed by atoms with Crippen molar-refractivity contribution in [3.05, 3.63) is 36.0 Å². The van der Waals surface area contributed by atoms with Crippen molar-refractivity contribution in [3.8, 4) is 0 Å². The normalized spacial score (nSPS) is 14.2. The van der Waals surface area contributed by atoms with Crippen molar-refractivity contribution in [3.63, 3.8) is 0 Å². The number of aromatic amines is 1. The molecule has 0 spiro atoms. The standard InChI is InChI=1S/C40H65N11O9/c1-22(2)18-30(36(55)51(6)32(19-23(3)4)35(54)48-31(38(58)59)20-25-21-45-27-13-8-7-12-26(25)27)47-33(52)24(5)46-34(53)28(14-9-10-16-41)49-40(60)50-29(37(56)57)15-11-17-44-39(42)43/h7-8,12-13,21-24,28-32,45H,9-11,14-20,41H2,1-6H3,(H,46,53)(H,47,52)(H,48,54)(H,56,57)(H,58,59)(H4,42,43,44)(H2,49,50,60)/t24-,28-,29+,30-,31-,32-/m0/s1. The molecule has 1 aromatic carbocycles. The van der Waals surface area contributed by atoms with Crippen LogP contribution in [-0.4, -0.2) is 124 Å². The molecule has 0 bridgehead atoms. The Balaban J connectivity index is 2.20. The molecular formula is C40H65N11O9. The number of carboxylic acid groups (broad SMARTS) is 2. The third-order valence-corrected chi connectivity index (χ3v) is 9.72. The van der Waals surface area contributed by atoms with Gasteiger partial charge in [0.15, 0.2) is 5.96 Å². The Kier molecular flexibility index (Phi) is 20.8. The molecule has 20 nitrogen and oxygen atoms in total. The maximum Gasteiger partial charge on any atom is 0.326 e. The van der Waals surface area contributed by atoms with Gasteiger partial charge in [0.1, 0.15) is 36.3 Å². The Morgan fingerprint density at radius 1 is 0.733 bits per heavy atom. The number of aromatic nitrogens is 1. The molecule has 0 aliphatic rings. The summed E-state index contributed by atoms with van der Waals surface area (Å²) >= 11 is 0. The summed E-state index contributed by atoms with van der Waals surface area (Å²) in [5, 5.41) is 33.3. The smallest absolute Gasteiger partial charge is 0.326 e. The number of likely N-dealkylation sites (N-methyl/N-ethyl adjacent to an activating group) is 1. The zero-order chi connectivity index (χ0) is 45.1. The van der Waals surface area contributed by atoms with E-state index in [1.54, 1.807) is 6.20 Å². The molecule has 0 saturated carbocycles. The first-order valence-electron chi connectivity index (χ1n) is 20.3. The molecule has 0 fully saturated rings. The van der Waals surface area contributed by atoms with Crippen LogP contribution in [0.2, 0.25) is 0 Å². The fourth-order valence-corrected chi connectivity index (χ4v) is 6.53. The lowest BCUT2D eigenvalue weighted by atomic mass is 9.98. The Labute approximate surface area is 350 Å². The molecule has 0 aliphatic heterocycles. The summed E-state index contributed by atoms with van der Waals surface area (Å²) in [5.41, 5.74) is 17.7. The second-order valence-corrected chi connectivity index (χ2v) is 15.8. The number of unbranched alkanes of at least 4 members (excludes halogenated alkanes) is 1. The van der Waals surface area contributed by atoms with Crippen LogP contribution in [0.1, 0.15) is 85.1 Å². The van der Waals surface area contributed by atoms with Crippen LogP contribution in [0.4, 0.5) is 4.79 Å². The van der Waals surface area contributed by atoms with E-state index in [2.05, 4.69) is 36.6 Å². The summed E-state index contributed by atoms with van der Waals surface area (Å²) in [6, 6.07) is -0.739. The van der Waals surface area contributed by atoms with Gasteiger partial charge in [-0.25, -0.2) is 14.4 Å². The number of aliphatic carboxylic acids is 2. The Bertz CT molecular complexity index is 1790. The van der Waals surface area contributed by atoms with E-state index in [-0.39, 0.29) is 62.9 Å². The third-order valence-electron chi connectivity index (χ3n) is 9.72. The number of nitrogens with one attached hydrogen (secondary N) is 6. The summed E-state index contributed by atoms with van der Waals surface area (Å²) < 4.78 is 0. The number of urea groups is 1. The van der Waals surface area contributed by atoms with Gasteiger partial charge in [-0.3, -0.25) is 24.2 Å². The number of rotatable bonds is 26. The predicted octanol–water partition coefficient (Wildman–Crippen LogP) is 0.492. The van der Waals surface area contributed by atoms with E-state index in [1.165, 1.54) is 18.9 Å². The minimum Gasteiger partial charge on any atom is -0.480 e. The number of nitrogens with two attached hydrogens (primary N) is 3. The first-order valence-corrected chi connectivity index (χ1v) is 20.3. The largest absolute Gasteiger partial charge is 0.480 e. The lowest BCUT2D eigenvalue weighted by Gasteiger charge is -2.33. The zero-order valence-electron chi connectivity index (χ0n) is 35.5. The Morgan fingerprint density at radius 2 is 1.33 bits per heavy atom. The molecule has 0 aliphatic carbocycles. The van der Waals surface area contributed by atoms with Gasteiger partial charge >= 0.3 is 18.0 Å². The maximum atomic E-state index is 14.1. The van der Waals surface area contributed by atoms with Crippen molar-refractivity contribution in [2.75, 3.05) is 20.1 Å². The quantitative estimate of drug-likeness (QED) is 0.0350. The highest BCUT2D eigenvalue weighted by atomic mass is 16.4. The molecule has 2 aromatic rings.